The number of hydrogen-bond acceptors (Lipinski definition) is 6. The zero-order chi connectivity index (χ0) is 11.1. The number of aromatic hydroxyl groups is 1. The molecule has 2 aromatic heterocycles. The summed E-state index contributed by atoms with van der Waals surface area (Å²) in [5, 5.41) is 22.3. The van der Waals surface area contributed by atoms with Gasteiger partial charge in [0.2, 0.25) is 5.16 Å². The first kappa shape index (κ1) is 9.34. The summed E-state index contributed by atoms with van der Waals surface area (Å²) in [6, 6.07) is 5.12. The van der Waals surface area contributed by atoms with Crippen molar-refractivity contribution in [3.05, 3.63) is 18.2 Å². The van der Waals surface area contributed by atoms with Crippen molar-refractivity contribution in [1.29, 1.82) is 0 Å². The maximum absolute atomic E-state index is 9.63. The van der Waals surface area contributed by atoms with Crippen molar-refractivity contribution in [3.8, 4) is 5.75 Å². The molecule has 0 aliphatic heterocycles. The standard InChI is InChI=1S/C9H7N5OS/c1-16-9-10-8-12-11-7-5(14(8)13-9)3-2-4-6(7)15/h2-4,15H,1H3. The number of benzene rings is 1. The number of phenolic OH excluding ortho intramolecular Hbond substituents is 1. The summed E-state index contributed by atoms with van der Waals surface area (Å²) >= 11 is 1.43. The molecule has 1 aromatic carbocycles. The SMILES string of the molecule is CSc1nc2nnc3c(O)cccc3n2n1. The van der Waals surface area contributed by atoms with Crippen molar-refractivity contribution >= 4 is 28.6 Å². The number of nitrogens with zero attached hydrogens (tertiary/aromatic N) is 5. The summed E-state index contributed by atoms with van der Waals surface area (Å²) < 4.78 is 1.58. The summed E-state index contributed by atoms with van der Waals surface area (Å²) in [7, 11) is 0. The van der Waals surface area contributed by atoms with Gasteiger partial charge in [0.05, 0.1) is 0 Å². The van der Waals surface area contributed by atoms with Crippen LogP contribution in [0.1, 0.15) is 0 Å². The predicted molar refractivity (Wildman–Crippen MR) is 59.5 cm³/mol. The van der Waals surface area contributed by atoms with Gasteiger partial charge in [0.25, 0.3) is 5.78 Å². The van der Waals surface area contributed by atoms with Crippen LogP contribution in [-0.4, -0.2) is 36.2 Å². The summed E-state index contributed by atoms with van der Waals surface area (Å²) in [5.41, 5.74) is 1.12. The Labute approximate surface area is 94.3 Å². The fraction of sp³-hybridized carbons (Fsp3) is 0.111. The summed E-state index contributed by atoms with van der Waals surface area (Å²) in [6.45, 7) is 0. The van der Waals surface area contributed by atoms with Gasteiger partial charge in [-0.2, -0.15) is 9.50 Å². The van der Waals surface area contributed by atoms with E-state index < -0.39 is 0 Å². The molecule has 1 N–H and O–H groups in total. The molecule has 2 heterocycles. The van der Waals surface area contributed by atoms with Crippen molar-refractivity contribution < 1.29 is 5.11 Å². The van der Waals surface area contributed by atoms with E-state index in [2.05, 4.69) is 20.3 Å². The van der Waals surface area contributed by atoms with E-state index >= 15 is 0 Å². The highest BCUT2D eigenvalue weighted by Crippen LogP contribution is 2.21. The van der Waals surface area contributed by atoms with Gasteiger partial charge in [-0.1, -0.05) is 17.8 Å². The Balaban J connectivity index is 2.48. The van der Waals surface area contributed by atoms with E-state index in [1.54, 1.807) is 16.6 Å². The molecule has 6 nitrogen and oxygen atoms in total. The number of fused-ring (bicyclic) bond motifs is 3. The highest BCUT2D eigenvalue weighted by Gasteiger charge is 2.10. The molecule has 0 radical (unpaired) electrons. The summed E-state index contributed by atoms with van der Waals surface area (Å²) in [5.74, 6) is 0.524. The van der Waals surface area contributed by atoms with E-state index in [1.165, 1.54) is 11.8 Å². The second-order valence-electron chi connectivity index (χ2n) is 3.16. The molecule has 7 heteroatoms. The van der Waals surface area contributed by atoms with Gasteiger partial charge in [0, 0.05) is 0 Å². The second kappa shape index (κ2) is 3.31. The Kier molecular flexibility index (Phi) is 1.93. The Hall–Kier alpha value is -1.89. The third-order valence-electron chi connectivity index (χ3n) is 2.21. The predicted octanol–water partition coefficient (Wildman–Crippen LogP) is 1.10. The average molecular weight is 233 g/mol. The maximum atomic E-state index is 9.63. The molecular formula is C9H7N5OS. The number of hydrogen-bond donors (Lipinski definition) is 1. The Morgan fingerprint density at radius 2 is 2.19 bits per heavy atom. The summed E-state index contributed by atoms with van der Waals surface area (Å²) in [6.07, 6.45) is 1.89. The van der Waals surface area contributed by atoms with E-state index in [-0.39, 0.29) is 5.75 Å². The Bertz CT molecular complexity index is 680. The van der Waals surface area contributed by atoms with Crippen LogP contribution in [0.5, 0.6) is 5.75 Å². The Morgan fingerprint density at radius 1 is 1.31 bits per heavy atom. The van der Waals surface area contributed by atoms with Crippen molar-refractivity contribution in [2.75, 3.05) is 6.26 Å². The van der Waals surface area contributed by atoms with Gasteiger partial charge >= 0.3 is 0 Å². The van der Waals surface area contributed by atoms with E-state index in [9.17, 15) is 5.11 Å². The topological polar surface area (TPSA) is 76.2 Å². The molecule has 0 bridgehead atoms. The molecule has 0 saturated carbocycles. The fourth-order valence-electron chi connectivity index (χ4n) is 1.49. The van der Waals surface area contributed by atoms with Crippen LogP contribution >= 0.6 is 11.8 Å². The van der Waals surface area contributed by atoms with Gasteiger partial charge in [-0.05, 0) is 18.4 Å². The lowest BCUT2D eigenvalue weighted by atomic mass is 10.3. The molecule has 0 atom stereocenters. The maximum Gasteiger partial charge on any atom is 0.273 e. The Morgan fingerprint density at radius 3 is 3.00 bits per heavy atom. The monoisotopic (exact) mass is 233 g/mol. The molecule has 0 fully saturated rings. The highest BCUT2D eigenvalue weighted by atomic mass is 32.2. The molecule has 0 amide bonds. The van der Waals surface area contributed by atoms with Gasteiger partial charge in [-0.3, -0.25) is 0 Å². The molecule has 3 rings (SSSR count). The first-order valence-electron chi connectivity index (χ1n) is 4.55. The lowest BCUT2D eigenvalue weighted by Crippen LogP contribution is -1.96. The van der Waals surface area contributed by atoms with Gasteiger partial charge in [-0.25, -0.2) is 0 Å². The van der Waals surface area contributed by atoms with E-state index in [0.29, 0.717) is 22.0 Å². The third-order valence-corrected chi connectivity index (χ3v) is 2.75. The first-order chi connectivity index (χ1) is 7.79. The smallest absolute Gasteiger partial charge is 0.273 e. The molecule has 0 saturated heterocycles. The van der Waals surface area contributed by atoms with Gasteiger partial charge < -0.3 is 5.11 Å². The third kappa shape index (κ3) is 1.21. The zero-order valence-electron chi connectivity index (χ0n) is 8.32. The largest absolute Gasteiger partial charge is 0.506 e. The molecule has 0 unspecified atom stereocenters. The van der Waals surface area contributed by atoms with Crippen molar-refractivity contribution in [2.45, 2.75) is 5.16 Å². The molecule has 0 aliphatic rings. The number of aromatic nitrogens is 5. The van der Waals surface area contributed by atoms with Crippen LogP contribution in [0.2, 0.25) is 0 Å². The lowest BCUT2D eigenvalue weighted by Gasteiger charge is -1.99. The van der Waals surface area contributed by atoms with E-state index in [1.807, 2.05) is 12.3 Å². The van der Waals surface area contributed by atoms with Crippen molar-refractivity contribution in [1.82, 2.24) is 24.8 Å². The molecule has 16 heavy (non-hydrogen) atoms. The molecule has 80 valence electrons. The minimum absolute atomic E-state index is 0.0908. The quantitative estimate of drug-likeness (QED) is 0.634. The van der Waals surface area contributed by atoms with Gasteiger partial charge in [-0.15, -0.1) is 15.3 Å². The fourth-order valence-corrected chi connectivity index (χ4v) is 1.82. The van der Waals surface area contributed by atoms with Crippen LogP contribution in [0.3, 0.4) is 0 Å². The normalized spacial score (nSPS) is 11.3. The highest BCUT2D eigenvalue weighted by molar-refractivity contribution is 7.98. The van der Waals surface area contributed by atoms with Crippen LogP contribution in [0.4, 0.5) is 0 Å². The van der Waals surface area contributed by atoms with E-state index in [0.717, 1.165) is 0 Å². The summed E-state index contributed by atoms with van der Waals surface area (Å²) in [4.78, 5) is 4.17. The van der Waals surface area contributed by atoms with Crippen molar-refractivity contribution in [3.63, 3.8) is 0 Å². The first-order valence-corrected chi connectivity index (χ1v) is 5.77. The zero-order valence-corrected chi connectivity index (χ0v) is 9.14. The van der Waals surface area contributed by atoms with E-state index in [4.69, 9.17) is 0 Å². The van der Waals surface area contributed by atoms with Crippen LogP contribution < -0.4 is 0 Å². The van der Waals surface area contributed by atoms with Crippen LogP contribution in [-0.2, 0) is 0 Å². The average Bonchev–Trinajstić information content (AvgIpc) is 2.72. The number of thioether (sulfide) groups is 1. The van der Waals surface area contributed by atoms with Crippen molar-refractivity contribution in [2.24, 2.45) is 0 Å². The van der Waals surface area contributed by atoms with Crippen LogP contribution in [0.25, 0.3) is 16.8 Å². The molecule has 3 aromatic rings. The molecule has 0 aliphatic carbocycles. The number of rotatable bonds is 1. The van der Waals surface area contributed by atoms with Crippen LogP contribution in [0.15, 0.2) is 23.4 Å². The lowest BCUT2D eigenvalue weighted by molar-refractivity contribution is 0.479. The minimum Gasteiger partial charge on any atom is -0.506 e. The molecule has 0 spiro atoms. The van der Waals surface area contributed by atoms with Gasteiger partial charge in [0.15, 0.2) is 5.52 Å². The van der Waals surface area contributed by atoms with Crippen LogP contribution in [0, 0.1) is 0 Å². The molecular weight excluding hydrogens is 226 g/mol. The number of phenols is 1. The van der Waals surface area contributed by atoms with Gasteiger partial charge in [0.1, 0.15) is 11.3 Å². The second-order valence-corrected chi connectivity index (χ2v) is 3.93. The minimum atomic E-state index is 0.0908.